The van der Waals surface area contributed by atoms with Crippen LogP contribution in [0.3, 0.4) is 0 Å². The van der Waals surface area contributed by atoms with Gasteiger partial charge in [0.15, 0.2) is 0 Å². The summed E-state index contributed by atoms with van der Waals surface area (Å²) in [5, 5.41) is 9.19. The lowest BCUT2D eigenvalue weighted by Crippen LogP contribution is -1.99. The molecule has 1 atom stereocenters. The van der Waals surface area contributed by atoms with Crippen molar-refractivity contribution in [3.05, 3.63) is 28.1 Å². The molecule has 12 heavy (non-hydrogen) atoms. The van der Waals surface area contributed by atoms with Gasteiger partial charge in [0.25, 0.3) is 0 Å². The number of rotatable bonds is 2. The molecule has 1 rings (SSSR count). The van der Waals surface area contributed by atoms with Gasteiger partial charge in [-0.2, -0.15) is 0 Å². The van der Waals surface area contributed by atoms with Gasteiger partial charge >= 0.3 is 0 Å². The number of halogens is 1. The summed E-state index contributed by atoms with van der Waals surface area (Å²) in [6.07, 6.45) is 2.99. The number of aliphatic hydroxyl groups is 1. The minimum Gasteiger partial charge on any atom is -0.464 e. The lowest BCUT2D eigenvalue weighted by Gasteiger charge is -2.02. The van der Waals surface area contributed by atoms with Crippen molar-refractivity contribution in [1.29, 1.82) is 0 Å². The SMILES string of the molecule is C/C(=C\c1occc1Br)C(C)O. The molecule has 1 heterocycles. The van der Waals surface area contributed by atoms with Crippen LogP contribution in [0.1, 0.15) is 19.6 Å². The Hall–Kier alpha value is -0.540. The Morgan fingerprint density at radius 1 is 1.75 bits per heavy atom. The van der Waals surface area contributed by atoms with Crippen molar-refractivity contribution < 1.29 is 9.52 Å². The van der Waals surface area contributed by atoms with Crippen LogP contribution in [-0.4, -0.2) is 11.2 Å². The molecule has 0 spiro atoms. The van der Waals surface area contributed by atoms with Gasteiger partial charge in [0.2, 0.25) is 0 Å². The lowest BCUT2D eigenvalue weighted by molar-refractivity contribution is 0.232. The summed E-state index contributed by atoms with van der Waals surface area (Å²) in [7, 11) is 0. The second-order valence-electron chi connectivity index (χ2n) is 2.70. The van der Waals surface area contributed by atoms with Crippen LogP contribution in [0, 0.1) is 0 Å². The molecule has 0 saturated carbocycles. The van der Waals surface area contributed by atoms with Crippen molar-refractivity contribution in [2.24, 2.45) is 0 Å². The fourth-order valence-electron chi connectivity index (χ4n) is 0.736. The van der Waals surface area contributed by atoms with E-state index < -0.39 is 6.10 Å². The maximum atomic E-state index is 9.19. The van der Waals surface area contributed by atoms with Gasteiger partial charge in [-0.05, 0) is 47.5 Å². The maximum Gasteiger partial charge on any atom is 0.140 e. The Morgan fingerprint density at radius 3 is 2.83 bits per heavy atom. The third-order valence-corrected chi connectivity index (χ3v) is 2.32. The Labute approximate surface area is 80.0 Å². The average Bonchev–Trinajstić information content (AvgIpc) is 2.36. The van der Waals surface area contributed by atoms with Gasteiger partial charge in [0.05, 0.1) is 16.8 Å². The molecule has 1 N–H and O–H groups in total. The van der Waals surface area contributed by atoms with Crippen LogP contribution in [0.5, 0.6) is 0 Å². The summed E-state index contributed by atoms with van der Waals surface area (Å²) < 4.78 is 6.06. The standard InChI is InChI=1S/C9H11BrO2/c1-6(7(2)11)5-9-8(10)3-4-12-9/h3-5,7,11H,1-2H3/b6-5+. The molecule has 0 aromatic carbocycles. The van der Waals surface area contributed by atoms with Crippen molar-refractivity contribution in [2.45, 2.75) is 20.0 Å². The van der Waals surface area contributed by atoms with Crippen LogP contribution in [0.4, 0.5) is 0 Å². The van der Waals surface area contributed by atoms with E-state index in [2.05, 4.69) is 15.9 Å². The topological polar surface area (TPSA) is 33.4 Å². The number of aliphatic hydroxyl groups excluding tert-OH is 1. The average molecular weight is 231 g/mol. The zero-order chi connectivity index (χ0) is 9.14. The fourth-order valence-corrected chi connectivity index (χ4v) is 1.05. The molecule has 0 aliphatic heterocycles. The lowest BCUT2D eigenvalue weighted by atomic mass is 10.1. The van der Waals surface area contributed by atoms with Gasteiger partial charge in [0.1, 0.15) is 5.76 Å². The third-order valence-electron chi connectivity index (χ3n) is 1.66. The second-order valence-corrected chi connectivity index (χ2v) is 3.55. The molecule has 2 nitrogen and oxygen atoms in total. The number of hydrogen-bond donors (Lipinski definition) is 1. The highest BCUT2D eigenvalue weighted by Gasteiger charge is 2.03. The summed E-state index contributed by atoms with van der Waals surface area (Å²) in [5.74, 6) is 0.744. The smallest absolute Gasteiger partial charge is 0.140 e. The van der Waals surface area contributed by atoms with Crippen molar-refractivity contribution in [1.82, 2.24) is 0 Å². The highest BCUT2D eigenvalue weighted by molar-refractivity contribution is 9.10. The normalized spacial score (nSPS) is 14.8. The van der Waals surface area contributed by atoms with E-state index in [1.165, 1.54) is 0 Å². The van der Waals surface area contributed by atoms with Crippen molar-refractivity contribution in [2.75, 3.05) is 0 Å². The van der Waals surface area contributed by atoms with E-state index in [0.29, 0.717) is 0 Å². The summed E-state index contributed by atoms with van der Waals surface area (Å²) >= 11 is 3.32. The zero-order valence-electron chi connectivity index (χ0n) is 7.04. The number of hydrogen-bond acceptors (Lipinski definition) is 2. The molecule has 0 radical (unpaired) electrons. The van der Waals surface area contributed by atoms with Gasteiger partial charge in [-0.25, -0.2) is 0 Å². The highest BCUT2D eigenvalue weighted by Crippen LogP contribution is 2.20. The van der Waals surface area contributed by atoms with Gasteiger partial charge in [-0.1, -0.05) is 0 Å². The van der Waals surface area contributed by atoms with Crippen LogP contribution < -0.4 is 0 Å². The molecule has 0 saturated heterocycles. The van der Waals surface area contributed by atoms with Gasteiger partial charge in [0, 0.05) is 0 Å². The molecule has 0 fully saturated rings. The van der Waals surface area contributed by atoms with Crippen LogP contribution in [-0.2, 0) is 0 Å². The molecule has 1 aromatic heterocycles. The van der Waals surface area contributed by atoms with Gasteiger partial charge in [-0.3, -0.25) is 0 Å². The molecular weight excluding hydrogens is 220 g/mol. The second kappa shape index (κ2) is 3.92. The summed E-state index contributed by atoms with van der Waals surface area (Å²) in [6, 6.07) is 1.82. The molecule has 0 aliphatic carbocycles. The van der Waals surface area contributed by atoms with Gasteiger partial charge < -0.3 is 9.52 Å². The minimum absolute atomic E-state index is 0.429. The van der Waals surface area contributed by atoms with E-state index in [-0.39, 0.29) is 0 Å². The predicted octanol–water partition coefficient (Wildman–Crippen LogP) is 2.83. The Kier molecular flexibility index (Phi) is 3.12. The largest absolute Gasteiger partial charge is 0.464 e. The van der Waals surface area contributed by atoms with Crippen molar-refractivity contribution >= 4 is 22.0 Å². The van der Waals surface area contributed by atoms with E-state index in [1.54, 1.807) is 13.2 Å². The molecule has 0 amide bonds. The monoisotopic (exact) mass is 230 g/mol. The zero-order valence-corrected chi connectivity index (χ0v) is 8.63. The molecular formula is C9H11BrO2. The third kappa shape index (κ3) is 2.22. The minimum atomic E-state index is -0.429. The van der Waals surface area contributed by atoms with Crippen molar-refractivity contribution in [3.8, 4) is 0 Å². The van der Waals surface area contributed by atoms with E-state index in [9.17, 15) is 5.11 Å². The quantitative estimate of drug-likeness (QED) is 0.848. The predicted molar refractivity (Wildman–Crippen MR) is 51.7 cm³/mol. The summed E-state index contributed by atoms with van der Waals surface area (Å²) in [6.45, 7) is 3.59. The first-order valence-electron chi connectivity index (χ1n) is 3.70. The van der Waals surface area contributed by atoms with Crippen LogP contribution in [0.15, 0.2) is 26.8 Å². The molecule has 0 aliphatic rings. The summed E-state index contributed by atoms with van der Waals surface area (Å²) in [5.41, 5.74) is 0.880. The molecule has 1 aromatic rings. The number of furan rings is 1. The van der Waals surface area contributed by atoms with E-state index in [0.717, 1.165) is 15.8 Å². The fraction of sp³-hybridized carbons (Fsp3) is 0.333. The van der Waals surface area contributed by atoms with Crippen LogP contribution in [0.2, 0.25) is 0 Å². The van der Waals surface area contributed by atoms with Gasteiger partial charge in [-0.15, -0.1) is 0 Å². The maximum absolute atomic E-state index is 9.19. The molecule has 3 heteroatoms. The first-order valence-corrected chi connectivity index (χ1v) is 4.50. The Morgan fingerprint density at radius 2 is 2.42 bits per heavy atom. The Balaban J connectivity index is 2.87. The molecule has 0 bridgehead atoms. The summed E-state index contributed by atoms with van der Waals surface area (Å²) in [4.78, 5) is 0. The van der Waals surface area contributed by atoms with E-state index in [4.69, 9.17) is 4.42 Å². The molecule has 66 valence electrons. The first kappa shape index (κ1) is 9.55. The highest BCUT2D eigenvalue weighted by atomic mass is 79.9. The van der Waals surface area contributed by atoms with E-state index >= 15 is 0 Å². The van der Waals surface area contributed by atoms with E-state index in [1.807, 2.05) is 19.1 Å². The van der Waals surface area contributed by atoms with Crippen LogP contribution >= 0.6 is 15.9 Å². The first-order chi connectivity index (χ1) is 5.61. The van der Waals surface area contributed by atoms with Crippen LogP contribution in [0.25, 0.3) is 6.08 Å². The molecule has 1 unspecified atom stereocenters. The van der Waals surface area contributed by atoms with Crippen molar-refractivity contribution in [3.63, 3.8) is 0 Å². The Bertz CT molecular complexity index is 286.